The van der Waals surface area contributed by atoms with Gasteiger partial charge in [-0.05, 0) is 44.2 Å². The van der Waals surface area contributed by atoms with E-state index in [9.17, 15) is 5.11 Å². The van der Waals surface area contributed by atoms with Gasteiger partial charge in [0.1, 0.15) is 11.3 Å². The van der Waals surface area contributed by atoms with Crippen LogP contribution in [-0.2, 0) is 0 Å². The zero-order valence-electron chi connectivity index (χ0n) is 15.3. The largest absolute Gasteiger partial charge is 0.505 e. The Kier molecular flexibility index (Phi) is 4.47. The van der Waals surface area contributed by atoms with Crippen molar-refractivity contribution >= 4 is 16.6 Å². The fourth-order valence-corrected chi connectivity index (χ4v) is 3.19. The average molecular weight is 355 g/mol. The molecule has 0 aliphatic rings. The maximum atomic E-state index is 11.0. The molecule has 4 nitrogen and oxygen atoms in total. The molecule has 0 bridgehead atoms. The van der Waals surface area contributed by atoms with Gasteiger partial charge >= 0.3 is 0 Å². The van der Waals surface area contributed by atoms with Crippen LogP contribution in [0, 0.1) is 13.8 Å². The average Bonchev–Trinajstić information content (AvgIpc) is 2.69. The van der Waals surface area contributed by atoms with Crippen LogP contribution in [0.5, 0.6) is 5.75 Å². The molecule has 0 saturated carbocycles. The summed E-state index contributed by atoms with van der Waals surface area (Å²) in [5.74, 6) is 0.187. The smallest absolute Gasteiger partial charge is 0.147 e. The Hall–Kier alpha value is -3.40. The van der Waals surface area contributed by atoms with Crippen molar-refractivity contribution in [2.75, 3.05) is 5.32 Å². The van der Waals surface area contributed by atoms with Crippen LogP contribution in [0.3, 0.4) is 0 Å². The van der Waals surface area contributed by atoms with Crippen LogP contribution in [0.15, 0.2) is 72.9 Å². The Morgan fingerprint density at radius 1 is 0.889 bits per heavy atom. The van der Waals surface area contributed by atoms with E-state index in [1.54, 1.807) is 6.20 Å². The lowest BCUT2D eigenvalue weighted by Crippen LogP contribution is -2.14. The predicted molar refractivity (Wildman–Crippen MR) is 109 cm³/mol. The van der Waals surface area contributed by atoms with Crippen molar-refractivity contribution in [1.82, 2.24) is 9.97 Å². The van der Waals surface area contributed by atoms with Gasteiger partial charge in [0.2, 0.25) is 0 Å². The first kappa shape index (κ1) is 17.0. The molecule has 2 heterocycles. The van der Waals surface area contributed by atoms with E-state index < -0.39 is 0 Å². The van der Waals surface area contributed by atoms with Crippen LogP contribution in [-0.4, -0.2) is 15.1 Å². The summed E-state index contributed by atoms with van der Waals surface area (Å²) in [5, 5.41) is 15.4. The lowest BCUT2D eigenvalue weighted by molar-refractivity contribution is 0.471. The van der Waals surface area contributed by atoms with Crippen molar-refractivity contribution in [3.63, 3.8) is 0 Å². The van der Waals surface area contributed by atoms with E-state index in [2.05, 4.69) is 34.3 Å². The number of phenolic OH excluding ortho intramolecular Hbond substituents is 1. The molecule has 4 heteroatoms. The number of hydrogen-bond donors (Lipinski definition) is 2. The Morgan fingerprint density at radius 3 is 2.41 bits per heavy atom. The second-order valence-electron chi connectivity index (χ2n) is 6.73. The molecule has 0 amide bonds. The predicted octanol–water partition coefficient (Wildman–Crippen LogP) is 5.15. The van der Waals surface area contributed by atoms with Crippen LogP contribution in [0.25, 0.3) is 10.9 Å². The number of pyridine rings is 2. The maximum Gasteiger partial charge on any atom is 0.147 e. The number of aromatic nitrogens is 2. The number of aromatic hydroxyl groups is 1. The highest BCUT2D eigenvalue weighted by Crippen LogP contribution is 2.36. The quantitative estimate of drug-likeness (QED) is 0.531. The second-order valence-corrected chi connectivity index (χ2v) is 6.73. The maximum absolute atomic E-state index is 11.0. The molecule has 0 spiro atoms. The van der Waals surface area contributed by atoms with E-state index in [0.29, 0.717) is 5.52 Å². The van der Waals surface area contributed by atoms with Crippen molar-refractivity contribution in [3.8, 4) is 5.75 Å². The van der Waals surface area contributed by atoms with Gasteiger partial charge in [0.05, 0.1) is 11.7 Å². The summed E-state index contributed by atoms with van der Waals surface area (Å²) in [6.07, 6.45) is 1.76. The number of nitrogens with zero attached hydrogens (tertiary/aromatic N) is 2. The van der Waals surface area contributed by atoms with Crippen LogP contribution in [0.4, 0.5) is 5.69 Å². The second kappa shape index (κ2) is 7.08. The van der Waals surface area contributed by atoms with E-state index in [4.69, 9.17) is 0 Å². The van der Waals surface area contributed by atoms with Crippen LogP contribution in [0.1, 0.15) is 28.6 Å². The molecule has 2 aromatic carbocycles. The van der Waals surface area contributed by atoms with E-state index in [1.165, 1.54) is 5.56 Å². The van der Waals surface area contributed by atoms with Gasteiger partial charge in [-0.1, -0.05) is 42.0 Å². The summed E-state index contributed by atoms with van der Waals surface area (Å²) < 4.78 is 0. The molecular formula is C23H21N3O. The van der Waals surface area contributed by atoms with E-state index in [-0.39, 0.29) is 11.8 Å². The van der Waals surface area contributed by atoms with Crippen molar-refractivity contribution in [3.05, 3.63) is 95.4 Å². The minimum absolute atomic E-state index is 0.187. The lowest BCUT2D eigenvalue weighted by atomic mass is 9.99. The highest BCUT2D eigenvalue weighted by molar-refractivity contribution is 5.86. The molecule has 0 aliphatic heterocycles. The zero-order valence-corrected chi connectivity index (χ0v) is 15.3. The number of benzene rings is 2. The molecule has 1 atom stereocenters. The zero-order chi connectivity index (χ0) is 18.8. The molecule has 0 radical (unpaired) electrons. The van der Waals surface area contributed by atoms with Gasteiger partial charge in [-0.15, -0.1) is 0 Å². The Balaban J connectivity index is 1.84. The molecule has 0 aliphatic carbocycles. The third-order valence-electron chi connectivity index (χ3n) is 4.66. The third-order valence-corrected chi connectivity index (χ3v) is 4.66. The number of aryl methyl sites for hydroxylation is 2. The fraction of sp³-hybridized carbons (Fsp3) is 0.130. The van der Waals surface area contributed by atoms with Crippen molar-refractivity contribution in [2.45, 2.75) is 19.9 Å². The molecule has 0 saturated heterocycles. The SMILES string of the molecule is Cc1ccc(NC(c2ccccn2)c2ccc3ccc(C)nc3c2O)cc1. The fourth-order valence-electron chi connectivity index (χ4n) is 3.19. The van der Waals surface area contributed by atoms with Gasteiger partial charge < -0.3 is 10.4 Å². The first-order chi connectivity index (χ1) is 13.1. The normalized spacial score (nSPS) is 12.1. The standard InChI is InChI=1S/C23H21N3O/c1-15-6-11-18(12-7-15)26-22(20-5-3-4-14-24-20)19-13-10-17-9-8-16(2)25-21(17)23(19)27/h3-14,22,26-27H,1-2H3. The number of hydrogen-bond acceptors (Lipinski definition) is 4. The van der Waals surface area contributed by atoms with E-state index >= 15 is 0 Å². The summed E-state index contributed by atoms with van der Waals surface area (Å²) in [6.45, 7) is 3.98. The monoisotopic (exact) mass is 355 g/mol. The lowest BCUT2D eigenvalue weighted by Gasteiger charge is -2.22. The van der Waals surface area contributed by atoms with Gasteiger partial charge in [-0.25, -0.2) is 4.98 Å². The highest BCUT2D eigenvalue weighted by Gasteiger charge is 2.21. The van der Waals surface area contributed by atoms with Gasteiger partial charge in [0.15, 0.2) is 0 Å². The van der Waals surface area contributed by atoms with Gasteiger partial charge in [0.25, 0.3) is 0 Å². The Morgan fingerprint density at radius 2 is 1.67 bits per heavy atom. The third kappa shape index (κ3) is 3.47. The summed E-state index contributed by atoms with van der Waals surface area (Å²) in [6, 6.07) is 21.5. The van der Waals surface area contributed by atoms with Crippen LogP contribution < -0.4 is 5.32 Å². The molecule has 2 N–H and O–H groups in total. The van der Waals surface area contributed by atoms with Crippen LogP contribution >= 0.6 is 0 Å². The van der Waals surface area contributed by atoms with Gasteiger partial charge in [0, 0.05) is 28.5 Å². The Labute approximate surface area is 158 Å². The van der Waals surface area contributed by atoms with Crippen LogP contribution in [0.2, 0.25) is 0 Å². The van der Waals surface area contributed by atoms with Gasteiger partial charge in [-0.2, -0.15) is 0 Å². The Bertz CT molecular complexity index is 1080. The summed E-state index contributed by atoms with van der Waals surface area (Å²) in [4.78, 5) is 9.05. The number of nitrogens with one attached hydrogen (secondary N) is 1. The molecule has 0 fully saturated rings. The molecule has 2 aromatic heterocycles. The topological polar surface area (TPSA) is 58.0 Å². The summed E-state index contributed by atoms with van der Waals surface area (Å²) in [7, 11) is 0. The van der Waals surface area contributed by atoms with Crippen molar-refractivity contribution < 1.29 is 5.11 Å². The van der Waals surface area contributed by atoms with E-state index in [0.717, 1.165) is 28.0 Å². The molecule has 27 heavy (non-hydrogen) atoms. The molecule has 134 valence electrons. The van der Waals surface area contributed by atoms with Crippen molar-refractivity contribution in [1.29, 1.82) is 0 Å². The first-order valence-electron chi connectivity index (χ1n) is 8.95. The molecular weight excluding hydrogens is 334 g/mol. The minimum Gasteiger partial charge on any atom is -0.505 e. The van der Waals surface area contributed by atoms with Crippen molar-refractivity contribution in [2.24, 2.45) is 0 Å². The highest BCUT2D eigenvalue weighted by atomic mass is 16.3. The number of rotatable bonds is 4. The van der Waals surface area contributed by atoms with E-state index in [1.807, 2.05) is 61.5 Å². The minimum atomic E-state index is -0.291. The molecule has 1 unspecified atom stereocenters. The molecule has 4 rings (SSSR count). The summed E-state index contributed by atoms with van der Waals surface area (Å²) >= 11 is 0. The van der Waals surface area contributed by atoms with Gasteiger partial charge in [-0.3, -0.25) is 4.98 Å². The first-order valence-corrected chi connectivity index (χ1v) is 8.95. The summed E-state index contributed by atoms with van der Waals surface area (Å²) in [5.41, 5.74) is 5.23. The molecule has 4 aromatic rings. The number of anilines is 1. The number of fused-ring (bicyclic) bond motifs is 1. The number of phenols is 1.